The molecule has 6 heteroatoms. The van der Waals surface area contributed by atoms with Crippen LogP contribution >= 0.6 is 31.9 Å². The minimum Gasteiger partial charge on any atom is -0.381 e. The molecule has 1 aromatic heterocycles. The van der Waals surface area contributed by atoms with Gasteiger partial charge in [0.05, 0.1) is 11.4 Å². The Morgan fingerprint density at radius 2 is 2.07 bits per heavy atom. The summed E-state index contributed by atoms with van der Waals surface area (Å²) in [6, 6.07) is 5.83. The Morgan fingerprint density at radius 3 is 2.60 bits per heavy atom. The highest BCUT2D eigenvalue weighted by Crippen LogP contribution is 2.26. The first-order valence-electron chi connectivity index (χ1n) is 4.23. The number of benzene rings is 1. The van der Waals surface area contributed by atoms with Crippen molar-refractivity contribution in [3.05, 3.63) is 32.8 Å². The number of nitrogen functional groups attached to an aromatic ring is 1. The molecule has 2 aromatic rings. The van der Waals surface area contributed by atoms with E-state index in [1.807, 2.05) is 25.1 Å². The molecule has 0 saturated carbocycles. The third-order valence-electron chi connectivity index (χ3n) is 2.07. The number of aromatic nitrogens is 3. The van der Waals surface area contributed by atoms with E-state index in [1.54, 1.807) is 4.68 Å². The summed E-state index contributed by atoms with van der Waals surface area (Å²) < 4.78 is 3.64. The van der Waals surface area contributed by atoms with Crippen LogP contribution in [0.25, 0.3) is 5.69 Å². The van der Waals surface area contributed by atoms with Gasteiger partial charge in [0.15, 0.2) is 5.82 Å². The molecule has 1 heterocycles. The lowest BCUT2D eigenvalue weighted by molar-refractivity contribution is 0.782. The van der Waals surface area contributed by atoms with Crippen molar-refractivity contribution in [3.63, 3.8) is 0 Å². The fourth-order valence-corrected chi connectivity index (χ4v) is 2.44. The van der Waals surface area contributed by atoms with E-state index in [1.165, 1.54) is 0 Å². The van der Waals surface area contributed by atoms with Gasteiger partial charge in [-0.2, -0.15) is 0 Å². The maximum Gasteiger partial charge on any atom is 0.169 e. The maximum absolute atomic E-state index is 5.64. The molecule has 0 spiro atoms. The first-order valence-corrected chi connectivity index (χ1v) is 5.81. The van der Waals surface area contributed by atoms with E-state index >= 15 is 0 Å². The molecule has 0 saturated heterocycles. The number of halogens is 2. The summed E-state index contributed by atoms with van der Waals surface area (Å²) in [5.74, 6) is 0.449. The van der Waals surface area contributed by atoms with Crippen molar-refractivity contribution in [1.82, 2.24) is 15.0 Å². The summed E-state index contributed by atoms with van der Waals surface area (Å²) in [5.41, 5.74) is 7.39. The molecule has 0 aliphatic rings. The summed E-state index contributed by atoms with van der Waals surface area (Å²) in [4.78, 5) is 0. The van der Waals surface area contributed by atoms with Crippen LogP contribution in [0.2, 0.25) is 0 Å². The van der Waals surface area contributed by atoms with Gasteiger partial charge in [-0.3, -0.25) is 0 Å². The number of nitrogens with two attached hydrogens (primary N) is 1. The largest absolute Gasteiger partial charge is 0.381 e. The first-order chi connectivity index (χ1) is 7.09. The Morgan fingerprint density at radius 1 is 1.33 bits per heavy atom. The standard InChI is InChI=1S/C9H8Br2N4/c1-5-9(12)13-14-15(5)8-3-2-6(10)4-7(8)11/h2-4H,12H2,1H3. The molecule has 1 aromatic carbocycles. The lowest BCUT2D eigenvalue weighted by Crippen LogP contribution is -2.00. The summed E-state index contributed by atoms with van der Waals surface area (Å²) in [6.45, 7) is 1.88. The van der Waals surface area contributed by atoms with E-state index in [4.69, 9.17) is 5.73 Å². The predicted octanol–water partition coefficient (Wildman–Crippen LogP) is 2.68. The van der Waals surface area contributed by atoms with Crippen LogP contribution in [0.1, 0.15) is 5.69 Å². The van der Waals surface area contributed by atoms with Crippen molar-refractivity contribution in [2.45, 2.75) is 6.92 Å². The van der Waals surface area contributed by atoms with Gasteiger partial charge in [0.2, 0.25) is 0 Å². The van der Waals surface area contributed by atoms with Gasteiger partial charge >= 0.3 is 0 Å². The molecule has 78 valence electrons. The van der Waals surface area contributed by atoms with Crippen molar-refractivity contribution in [2.24, 2.45) is 0 Å². The average Bonchev–Trinajstić information content (AvgIpc) is 2.49. The van der Waals surface area contributed by atoms with Crippen LogP contribution in [0, 0.1) is 6.92 Å². The zero-order chi connectivity index (χ0) is 11.0. The topological polar surface area (TPSA) is 56.7 Å². The molecule has 15 heavy (non-hydrogen) atoms. The molecule has 2 rings (SSSR count). The van der Waals surface area contributed by atoms with Crippen molar-refractivity contribution >= 4 is 37.7 Å². The molecule has 0 unspecified atom stereocenters. The maximum atomic E-state index is 5.64. The van der Waals surface area contributed by atoms with E-state index in [0.717, 1.165) is 20.3 Å². The molecule has 4 nitrogen and oxygen atoms in total. The molecule has 0 atom stereocenters. The SMILES string of the molecule is Cc1c(N)nnn1-c1ccc(Br)cc1Br. The minimum atomic E-state index is 0.449. The van der Waals surface area contributed by atoms with E-state index < -0.39 is 0 Å². The van der Waals surface area contributed by atoms with E-state index in [9.17, 15) is 0 Å². The Hall–Kier alpha value is -0.880. The zero-order valence-electron chi connectivity index (χ0n) is 7.91. The number of hydrogen-bond donors (Lipinski definition) is 1. The highest BCUT2D eigenvalue weighted by Gasteiger charge is 2.09. The Balaban J connectivity index is 2.59. The minimum absolute atomic E-state index is 0.449. The van der Waals surface area contributed by atoms with E-state index in [0.29, 0.717) is 5.82 Å². The quantitative estimate of drug-likeness (QED) is 0.874. The molecule has 2 N–H and O–H groups in total. The molecule has 0 aliphatic carbocycles. The molecule has 0 radical (unpaired) electrons. The van der Waals surface area contributed by atoms with Crippen LogP contribution in [-0.2, 0) is 0 Å². The molecule has 0 bridgehead atoms. The number of anilines is 1. The van der Waals surface area contributed by atoms with E-state index in [-0.39, 0.29) is 0 Å². The highest BCUT2D eigenvalue weighted by molar-refractivity contribution is 9.11. The summed E-state index contributed by atoms with van der Waals surface area (Å²) in [6.07, 6.45) is 0. The van der Waals surface area contributed by atoms with Crippen LogP contribution in [-0.4, -0.2) is 15.0 Å². The third kappa shape index (κ3) is 1.91. The van der Waals surface area contributed by atoms with Gasteiger partial charge in [-0.05, 0) is 41.1 Å². The van der Waals surface area contributed by atoms with Gasteiger partial charge in [0.1, 0.15) is 0 Å². The Labute approximate surface area is 104 Å². The van der Waals surface area contributed by atoms with Crippen LogP contribution in [0.5, 0.6) is 0 Å². The number of rotatable bonds is 1. The molecular weight excluding hydrogens is 324 g/mol. The molecular formula is C9H8Br2N4. The van der Waals surface area contributed by atoms with Gasteiger partial charge in [0.25, 0.3) is 0 Å². The van der Waals surface area contributed by atoms with Gasteiger partial charge in [-0.1, -0.05) is 21.1 Å². The Bertz CT molecular complexity index is 507. The van der Waals surface area contributed by atoms with Crippen molar-refractivity contribution in [3.8, 4) is 5.69 Å². The second-order valence-electron chi connectivity index (χ2n) is 3.07. The second kappa shape index (κ2) is 3.94. The monoisotopic (exact) mass is 330 g/mol. The normalized spacial score (nSPS) is 10.6. The molecule has 0 aliphatic heterocycles. The fourth-order valence-electron chi connectivity index (χ4n) is 1.22. The van der Waals surface area contributed by atoms with Gasteiger partial charge in [-0.15, -0.1) is 5.10 Å². The van der Waals surface area contributed by atoms with Gasteiger partial charge < -0.3 is 5.73 Å². The molecule has 0 fully saturated rings. The zero-order valence-corrected chi connectivity index (χ0v) is 11.1. The smallest absolute Gasteiger partial charge is 0.169 e. The molecule has 0 amide bonds. The van der Waals surface area contributed by atoms with Crippen LogP contribution in [0.3, 0.4) is 0 Å². The van der Waals surface area contributed by atoms with Crippen molar-refractivity contribution < 1.29 is 0 Å². The van der Waals surface area contributed by atoms with Gasteiger partial charge in [0, 0.05) is 8.95 Å². The van der Waals surface area contributed by atoms with Crippen LogP contribution < -0.4 is 5.73 Å². The summed E-state index contributed by atoms with van der Waals surface area (Å²) in [7, 11) is 0. The second-order valence-corrected chi connectivity index (χ2v) is 4.84. The summed E-state index contributed by atoms with van der Waals surface area (Å²) in [5, 5.41) is 7.79. The Kier molecular flexibility index (Phi) is 2.79. The average molecular weight is 332 g/mol. The lowest BCUT2D eigenvalue weighted by Gasteiger charge is -2.05. The van der Waals surface area contributed by atoms with Crippen molar-refractivity contribution in [1.29, 1.82) is 0 Å². The van der Waals surface area contributed by atoms with Crippen LogP contribution in [0.15, 0.2) is 27.1 Å². The van der Waals surface area contributed by atoms with Crippen molar-refractivity contribution in [2.75, 3.05) is 5.73 Å². The first kappa shape index (κ1) is 10.6. The number of nitrogens with zero attached hydrogens (tertiary/aromatic N) is 3. The van der Waals surface area contributed by atoms with Crippen LogP contribution in [0.4, 0.5) is 5.82 Å². The highest BCUT2D eigenvalue weighted by atomic mass is 79.9. The lowest BCUT2D eigenvalue weighted by atomic mass is 10.3. The third-order valence-corrected chi connectivity index (χ3v) is 3.20. The number of hydrogen-bond acceptors (Lipinski definition) is 3. The van der Waals surface area contributed by atoms with E-state index in [2.05, 4.69) is 42.2 Å². The summed E-state index contributed by atoms with van der Waals surface area (Å²) >= 11 is 6.86. The van der Waals surface area contributed by atoms with Gasteiger partial charge in [-0.25, -0.2) is 4.68 Å². The fraction of sp³-hybridized carbons (Fsp3) is 0.111. The predicted molar refractivity (Wildman–Crippen MR) is 65.9 cm³/mol.